The van der Waals surface area contributed by atoms with Crippen molar-refractivity contribution in [2.75, 3.05) is 11.9 Å². The number of pyridine rings is 1. The number of anilines is 1. The topological polar surface area (TPSA) is 109 Å². The molecule has 0 radical (unpaired) electrons. The summed E-state index contributed by atoms with van der Waals surface area (Å²) < 4.78 is 22.6. The molecule has 22 heavy (non-hydrogen) atoms. The number of sulfonamides is 1. The van der Waals surface area contributed by atoms with Crippen LogP contribution in [0.4, 0.5) is 5.69 Å². The Hall–Kier alpha value is -2.43. The maximum absolute atomic E-state index is 11.3. The predicted molar refractivity (Wildman–Crippen MR) is 83.7 cm³/mol. The van der Waals surface area contributed by atoms with E-state index in [1.807, 2.05) is 31.3 Å². The van der Waals surface area contributed by atoms with Gasteiger partial charge in [-0.15, -0.1) is 0 Å². The fourth-order valence-corrected chi connectivity index (χ4v) is 2.47. The van der Waals surface area contributed by atoms with Gasteiger partial charge in [-0.3, -0.25) is 4.98 Å². The van der Waals surface area contributed by atoms with Gasteiger partial charge >= 0.3 is 0 Å². The van der Waals surface area contributed by atoms with Crippen LogP contribution in [0.1, 0.15) is 16.8 Å². The third kappa shape index (κ3) is 4.04. The summed E-state index contributed by atoms with van der Waals surface area (Å²) in [5, 5.41) is 17.3. The Morgan fingerprint density at radius 3 is 2.68 bits per heavy atom. The molecule has 0 amide bonds. The second-order valence-corrected chi connectivity index (χ2v) is 6.41. The molecule has 0 spiro atoms. The monoisotopic (exact) mass is 316 g/mol. The Morgan fingerprint density at radius 1 is 1.32 bits per heavy atom. The van der Waals surface area contributed by atoms with Crippen molar-refractivity contribution >= 4 is 15.7 Å². The number of nitrogens with one attached hydrogen (secondary N) is 1. The van der Waals surface area contributed by atoms with Crippen molar-refractivity contribution in [2.45, 2.75) is 18.2 Å². The molecule has 0 saturated carbocycles. The SMILES string of the molecule is Cc1ccc(CCNc2ccc(S(N)(=O)=O)cc2C#N)cn1. The molecule has 2 rings (SSSR count). The van der Waals surface area contributed by atoms with E-state index >= 15 is 0 Å². The van der Waals surface area contributed by atoms with E-state index in [9.17, 15) is 8.42 Å². The molecule has 0 aliphatic rings. The number of hydrogen-bond acceptors (Lipinski definition) is 5. The number of benzene rings is 1. The molecule has 7 heteroatoms. The quantitative estimate of drug-likeness (QED) is 0.870. The Labute approximate surface area is 129 Å². The van der Waals surface area contributed by atoms with Crippen LogP contribution in [-0.4, -0.2) is 19.9 Å². The van der Waals surface area contributed by atoms with Crippen molar-refractivity contribution < 1.29 is 8.42 Å². The smallest absolute Gasteiger partial charge is 0.238 e. The van der Waals surface area contributed by atoms with Crippen LogP contribution >= 0.6 is 0 Å². The van der Waals surface area contributed by atoms with Crippen LogP contribution in [0.25, 0.3) is 0 Å². The summed E-state index contributed by atoms with van der Waals surface area (Å²) in [4.78, 5) is 4.14. The van der Waals surface area contributed by atoms with Crippen LogP contribution in [0.2, 0.25) is 0 Å². The highest BCUT2D eigenvalue weighted by Gasteiger charge is 2.11. The van der Waals surface area contributed by atoms with Crippen LogP contribution in [0, 0.1) is 18.3 Å². The molecule has 3 N–H and O–H groups in total. The first-order valence-electron chi connectivity index (χ1n) is 6.62. The lowest BCUT2D eigenvalue weighted by molar-refractivity contribution is 0.598. The van der Waals surface area contributed by atoms with E-state index < -0.39 is 10.0 Å². The first kappa shape index (κ1) is 15.9. The molecule has 0 aliphatic carbocycles. The summed E-state index contributed by atoms with van der Waals surface area (Å²) in [5.74, 6) is 0. The van der Waals surface area contributed by atoms with E-state index in [0.29, 0.717) is 12.2 Å². The molecule has 1 aromatic carbocycles. The Balaban J connectivity index is 2.07. The van der Waals surface area contributed by atoms with Crippen molar-refractivity contribution in [2.24, 2.45) is 5.14 Å². The van der Waals surface area contributed by atoms with Gasteiger partial charge in [0.25, 0.3) is 0 Å². The van der Waals surface area contributed by atoms with Crippen LogP contribution < -0.4 is 10.5 Å². The second-order valence-electron chi connectivity index (χ2n) is 4.85. The third-order valence-electron chi connectivity index (χ3n) is 3.14. The lowest BCUT2D eigenvalue weighted by atomic mass is 10.1. The van der Waals surface area contributed by atoms with E-state index in [0.717, 1.165) is 17.7 Å². The van der Waals surface area contributed by atoms with E-state index in [4.69, 9.17) is 10.4 Å². The van der Waals surface area contributed by atoms with Gasteiger partial charge in [0, 0.05) is 18.4 Å². The van der Waals surface area contributed by atoms with Crippen molar-refractivity contribution in [1.82, 2.24) is 4.98 Å². The van der Waals surface area contributed by atoms with Crippen molar-refractivity contribution in [3.8, 4) is 6.07 Å². The predicted octanol–water partition coefficient (Wildman–Crippen LogP) is 1.56. The fourth-order valence-electron chi connectivity index (χ4n) is 1.93. The fraction of sp³-hybridized carbons (Fsp3) is 0.200. The maximum Gasteiger partial charge on any atom is 0.238 e. The number of primary sulfonamides is 1. The number of nitriles is 1. The molecule has 0 fully saturated rings. The van der Waals surface area contributed by atoms with Gasteiger partial charge in [-0.2, -0.15) is 5.26 Å². The van der Waals surface area contributed by atoms with Crippen LogP contribution in [0.3, 0.4) is 0 Å². The van der Waals surface area contributed by atoms with Crippen molar-refractivity contribution in [3.63, 3.8) is 0 Å². The Bertz CT molecular complexity index is 808. The number of aromatic nitrogens is 1. The summed E-state index contributed by atoms with van der Waals surface area (Å²) in [6, 6.07) is 10.1. The summed E-state index contributed by atoms with van der Waals surface area (Å²) in [6.07, 6.45) is 2.56. The molecular formula is C15H16N4O2S. The van der Waals surface area contributed by atoms with Crippen LogP contribution in [0.15, 0.2) is 41.4 Å². The highest BCUT2D eigenvalue weighted by molar-refractivity contribution is 7.89. The molecule has 6 nitrogen and oxygen atoms in total. The molecular weight excluding hydrogens is 300 g/mol. The van der Waals surface area contributed by atoms with Gasteiger partial charge in [0.05, 0.1) is 16.1 Å². The lowest BCUT2D eigenvalue weighted by Gasteiger charge is -2.09. The lowest BCUT2D eigenvalue weighted by Crippen LogP contribution is -2.13. The first-order chi connectivity index (χ1) is 10.4. The summed E-state index contributed by atoms with van der Waals surface area (Å²) in [7, 11) is -3.81. The minimum Gasteiger partial charge on any atom is -0.384 e. The highest BCUT2D eigenvalue weighted by atomic mass is 32.2. The molecule has 2 aromatic rings. The summed E-state index contributed by atoms with van der Waals surface area (Å²) >= 11 is 0. The molecule has 0 bridgehead atoms. The van der Waals surface area contributed by atoms with Gasteiger partial charge in [0.15, 0.2) is 0 Å². The van der Waals surface area contributed by atoms with Crippen molar-refractivity contribution in [1.29, 1.82) is 5.26 Å². The van der Waals surface area contributed by atoms with Gasteiger partial charge < -0.3 is 5.32 Å². The molecule has 0 atom stereocenters. The Kier molecular flexibility index (Phi) is 4.75. The van der Waals surface area contributed by atoms with Crippen molar-refractivity contribution in [3.05, 3.63) is 53.3 Å². The van der Waals surface area contributed by atoms with Gasteiger partial charge in [0.1, 0.15) is 6.07 Å². The summed E-state index contributed by atoms with van der Waals surface area (Å²) in [5.41, 5.74) is 2.86. The van der Waals surface area contributed by atoms with E-state index in [-0.39, 0.29) is 10.5 Å². The average molecular weight is 316 g/mol. The normalized spacial score (nSPS) is 11.0. The molecule has 0 saturated heterocycles. The van der Waals surface area contributed by atoms with E-state index in [1.54, 1.807) is 6.07 Å². The third-order valence-corrected chi connectivity index (χ3v) is 4.05. The van der Waals surface area contributed by atoms with Gasteiger partial charge in [-0.05, 0) is 43.2 Å². The average Bonchev–Trinajstić information content (AvgIpc) is 2.48. The number of nitrogens with two attached hydrogens (primary N) is 1. The zero-order chi connectivity index (χ0) is 16.2. The number of nitrogens with zero attached hydrogens (tertiary/aromatic N) is 2. The highest BCUT2D eigenvalue weighted by Crippen LogP contribution is 2.19. The molecule has 0 aliphatic heterocycles. The minimum atomic E-state index is -3.81. The number of aryl methyl sites for hydroxylation is 1. The first-order valence-corrected chi connectivity index (χ1v) is 8.17. The molecule has 1 heterocycles. The molecule has 1 aromatic heterocycles. The van der Waals surface area contributed by atoms with Crippen LogP contribution in [-0.2, 0) is 16.4 Å². The van der Waals surface area contributed by atoms with E-state index in [2.05, 4.69) is 10.3 Å². The minimum absolute atomic E-state index is 0.0719. The Morgan fingerprint density at radius 2 is 2.09 bits per heavy atom. The van der Waals surface area contributed by atoms with Gasteiger partial charge in [0.2, 0.25) is 10.0 Å². The van der Waals surface area contributed by atoms with Gasteiger partial charge in [-0.1, -0.05) is 6.07 Å². The maximum atomic E-state index is 11.3. The summed E-state index contributed by atoms with van der Waals surface area (Å²) in [6.45, 7) is 2.53. The number of hydrogen-bond donors (Lipinski definition) is 2. The van der Waals surface area contributed by atoms with E-state index in [1.165, 1.54) is 12.1 Å². The zero-order valence-electron chi connectivity index (χ0n) is 12.1. The van der Waals surface area contributed by atoms with Crippen LogP contribution in [0.5, 0.6) is 0 Å². The van der Waals surface area contributed by atoms with Gasteiger partial charge in [-0.25, -0.2) is 13.6 Å². The zero-order valence-corrected chi connectivity index (χ0v) is 12.9. The largest absolute Gasteiger partial charge is 0.384 e. The standard InChI is InChI=1S/C15H16N4O2S/c1-11-2-3-12(10-19-11)6-7-18-15-5-4-14(22(17,20)21)8-13(15)9-16/h2-5,8,10,18H,6-7H2,1H3,(H2,17,20,21). The second kappa shape index (κ2) is 6.56. The molecule has 0 unspecified atom stereocenters. The molecule has 114 valence electrons. The number of rotatable bonds is 5.